The highest BCUT2D eigenvalue weighted by Crippen LogP contribution is 2.18. The molecular weight excluding hydrogens is 398 g/mol. The predicted molar refractivity (Wildman–Crippen MR) is 114 cm³/mol. The number of amides is 3. The first-order valence-electron chi connectivity index (χ1n) is 10.1. The lowest BCUT2D eigenvalue weighted by atomic mass is 10.1. The summed E-state index contributed by atoms with van der Waals surface area (Å²) in [6, 6.07) is 15.9. The standard InChI is InChI=1S/C23H25N3O5/c1-26(14-21(28)24-17-11-12-17)22(29)15-31-23(30)18-9-5-6-10-19(18)25-20(27)13-16-7-3-2-4-8-16/h2-10,17H,11-15H2,1H3,(H,24,28)(H,25,27). The van der Waals surface area contributed by atoms with E-state index in [1.165, 1.54) is 18.0 Å². The Bertz CT molecular complexity index is 957. The zero-order valence-corrected chi connectivity index (χ0v) is 17.3. The topological polar surface area (TPSA) is 105 Å². The van der Waals surface area contributed by atoms with Crippen LogP contribution in [0.5, 0.6) is 0 Å². The molecule has 1 saturated carbocycles. The van der Waals surface area contributed by atoms with Crippen LogP contribution in [-0.2, 0) is 25.5 Å². The van der Waals surface area contributed by atoms with Crippen molar-refractivity contribution >= 4 is 29.4 Å². The molecule has 0 unspecified atom stereocenters. The Labute approximate surface area is 180 Å². The summed E-state index contributed by atoms with van der Waals surface area (Å²) in [4.78, 5) is 50.0. The van der Waals surface area contributed by atoms with Gasteiger partial charge in [-0.25, -0.2) is 4.79 Å². The van der Waals surface area contributed by atoms with Crippen molar-refractivity contribution in [3.63, 3.8) is 0 Å². The minimum atomic E-state index is -0.736. The largest absolute Gasteiger partial charge is 0.452 e. The number of hydrogen-bond donors (Lipinski definition) is 2. The van der Waals surface area contributed by atoms with Crippen molar-refractivity contribution in [2.24, 2.45) is 0 Å². The van der Waals surface area contributed by atoms with E-state index in [1.807, 2.05) is 30.3 Å². The van der Waals surface area contributed by atoms with Gasteiger partial charge in [0.1, 0.15) is 0 Å². The third-order valence-corrected chi connectivity index (χ3v) is 4.70. The van der Waals surface area contributed by atoms with Gasteiger partial charge in [0.25, 0.3) is 5.91 Å². The van der Waals surface area contributed by atoms with Crippen LogP contribution in [0.4, 0.5) is 5.69 Å². The van der Waals surface area contributed by atoms with E-state index in [2.05, 4.69) is 10.6 Å². The Morgan fingerprint density at radius 2 is 1.65 bits per heavy atom. The molecule has 1 aliphatic carbocycles. The number of para-hydroxylation sites is 1. The van der Waals surface area contributed by atoms with Crippen LogP contribution in [0.25, 0.3) is 0 Å². The molecule has 1 fully saturated rings. The van der Waals surface area contributed by atoms with Gasteiger partial charge >= 0.3 is 5.97 Å². The van der Waals surface area contributed by atoms with E-state index in [-0.39, 0.29) is 36.4 Å². The molecule has 162 valence electrons. The molecule has 1 aliphatic rings. The molecule has 0 aliphatic heterocycles. The summed E-state index contributed by atoms with van der Waals surface area (Å²) in [5, 5.41) is 5.50. The molecule has 2 N–H and O–H groups in total. The minimum Gasteiger partial charge on any atom is -0.452 e. The van der Waals surface area contributed by atoms with Crippen LogP contribution in [0.1, 0.15) is 28.8 Å². The zero-order valence-electron chi connectivity index (χ0n) is 17.3. The SMILES string of the molecule is CN(CC(=O)NC1CC1)C(=O)COC(=O)c1ccccc1NC(=O)Cc1ccccc1. The number of hydrogen-bond acceptors (Lipinski definition) is 5. The number of nitrogens with one attached hydrogen (secondary N) is 2. The lowest BCUT2D eigenvalue weighted by molar-refractivity contribution is -0.137. The average molecular weight is 423 g/mol. The normalized spacial score (nSPS) is 12.5. The van der Waals surface area contributed by atoms with Crippen molar-refractivity contribution in [2.75, 3.05) is 25.5 Å². The van der Waals surface area contributed by atoms with Gasteiger partial charge in [0, 0.05) is 13.1 Å². The number of rotatable bonds is 9. The molecule has 0 aromatic heterocycles. The Morgan fingerprint density at radius 1 is 0.968 bits per heavy atom. The van der Waals surface area contributed by atoms with E-state index >= 15 is 0 Å². The highest BCUT2D eigenvalue weighted by molar-refractivity contribution is 6.02. The number of anilines is 1. The number of nitrogens with zero attached hydrogens (tertiary/aromatic N) is 1. The first-order chi connectivity index (χ1) is 14.9. The molecule has 0 heterocycles. The molecule has 0 spiro atoms. The molecule has 8 nitrogen and oxygen atoms in total. The molecule has 0 saturated heterocycles. The molecule has 8 heteroatoms. The van der Waals surface area contributed by atoms with Gasteiger partial charge in [0.05, 0.1) is 24.2 Å². The first kappa shape index (κ1) is 22.0. The third-order valence-electron chi connectivity index (χ3n) is 4.70. The van der Waals surface area contributed by atoms with Crippen molar-refractivity contribution < 1.29 is 23.9 Å². The van der Waals surface area contributed by atoms with Crippen LogP contribution < -0.4 is 10.6 Å². The Balaban J connectivity index is 1.52. The van der Waals surface area contributed by atoms with Gasteiger partial charge in [-0.3, -0.25) is 14.4 Å². The van der Waals surface area contributed by atoms with E-state index in [0.717, 1.165) is 18.4 Å². The quantitative estimate of drug-likeness (QED) is 0.598. The van der Waals surface area contributed by atoms with Crippen LogP contribution in [-0.4, -0.2) is 54.8 Å². The van der Waals surface area contributed by atoms with Gasteiger partial charge in [0.2, 0.25) is 11.8 Å². The van der Waals surface area contributed by atoms with Crippen molar-refractivity contribution in [2.45, 2.75) is 25.3 Å². The predicted octanol–water partition coefficient (Wildman–Crippen LogP) is 1.76. The number of esters is 1. The van der Waals surface area contributed by atoms with Crippen LogP contribution in [0.15, 0.2) is 54.6 Å². The number of carbonyl (C=O) groups is 4. The molecule has 2 aromatic rings. The van der Waals surface area contributed by atoms with Gasteiger partial charge in [-0.2, -0.15) is 0 Å². The maximum absolute atomic E-state index is 12.5. The lowest BCUT2D eigenvalue weighted by Gasteiger charge is -2.17. The van der Waals surface area contributed by atoms with Crippen molar-refractivity contribution in [3.8, 4) is 0 Å². The maximum atomic E-state index is 12.5. The van der Waals surface area contributed by atoms with Gasteiger partial charge in [-0.05, 0) is 30.5 Å². The fourth-order valence-corrected chi connectivity index (χ4v) is 2.87. The van der Waals surface area contributed by atoms with Crippen molar-refractivity contribution in [1.82, 2.24) is 10.2 Å². The number of carbonyl (C=O) groups excluding carboxylic acids is 4. The Morgan fingerprint density at radius 3 is 2.35 bits per heavy atom. The van der Waals surface area contributed by atoms with E-state index in [0.29, 0.717) is 5.69 Å². The summed E-state index contributed by atoms with van der Waals surface area (Å²) in [5.74, 6) is -1.75. The summed E-state index contributed by atoms with van der Waals surface area (Å²) >= 11 is 0. The van der Waals surface area contributed by atoms with Crippen LogP contribution in [0.2, 0.25) is 0 Å². The van der Waals surface area contributed by atoms with Crippen molar-refractivity contribution in [3.05, 3.63) is 65.7 Å². The average Bonchev–Trinajstić information content (AvgIpc) is 3.56. The molecular formula is C23H25N3O5. The van der Waals surface area contributed by atoms with Gasteiger partial charge < -0.3 is 20.3 Å². The lowest BCUT2D eigenvalue weighted by Crippen LogP contribution is -2.40. The monoisotopic (exact) mass is 423 g/mol. The smallest absolute Gasteiger partial charge is 0.340 e. The van der Waals surface area contributed by atoms with Gasteiger partial charge in [-0.15, -0.1) is 0 Å². The molecule has 0 atom stereocenters. The van der Waals surface area contributed by atoms with Crippen molar-refractivity contribution in [1.29, 1.82) is 0 Å². The van der Waals surface area contributed by atoms with E-state index in [4.69, 9.17) is 4.74 Å². The summed E-state index contributed by atoms with van der Waals surface area (Å²) in [6.45, 7) is -0.600. The molecule has 2 aromatic carbocycles. The number of ether oxygens (including phenoxy) is 1. The fraction of sp³-hybridized carbons (Fsp3) is 0.304. The van der Waals surface area contributed by atoms with E-state index in [1.54, 1.807) is 18.2 Å². The highest BCUT2D eigenvalue weighted by atomic mass is 16.5. The summed E-state index contributed by atoms with van der Waals surface area (Å²) in [5.41, 5.74) is 1.29. The van der Waals surface area contributed by atoms with Crippen LogP contribution >= 0.6 is 0 Å². The van der Waals surface area contributed by atoms with E-state index in [9.17, 15) is 19.2 Å². The first-order valence-corrected chi connectivity index (χ1v) is 10.1. The second kappa shape index (κ2) is 10.4. The summed E-state index contributed by atoms with van der Waals surface area (Å²) in [7, 11) is 1.47. The maximum Gasteiger partial charge on any atom is 0.340 e. The molecule has 0 radical (unpaired) electrons. The fourth-order valence-electron chi connectivity index (χ4n) is 2.87. The molecule has 3 rings (SSSR count). The van der Waals surface area contributed by atoms with E-state index < -0.39 is 18.5 Å². The molecule has 31 heavy (non-hydrogen) atoms. The molecule has 0 bridgehead atoms. The molecule has 3 amide bonds. The number of likely N-dealkylation sites (N-methyl/N-ethyl adjacent to an activating group) is 1. The summed E-state index contributed by atoms with van der Waals surface area (Å²) < 4.78 is 5.11. The zero-order chi connectivity index (χ0) is 22.2. The van der Waals surface area contributed by atoms with Crippen LogP contribution in [0.3, 0.4) is 0 Å². The Hall–Kier alpha value is -3.68. The minimum absolute atomic E-state index is 0.0982. The summed E-state index contributed by atoms with van der Waals surface area (Å²) in [6.07, 6.45) is 2.08. The Kier molecular flexibility index (Phi) is 7.37. The third kappa shape index (κ3) is 6.95. The van der Waals surface area contributed by atoms with Gasteiger partial charge in [0.15, 0.2) is 6.61 Å². The highest BCUT2D eigenvalue weighted by Gasteiger charge is 2.24. The van der Waals surface area contributed by atoms with Crippen LogP contribution in [0, 0.1) is 0 Å². The number of benzene rings is 2. The van der Waals surface area contributed by atoms with Gasteiger partial charge in [-0.1, -0.05) is 42.5 Å². The second-order valence-corrected chi connectivity index (χ2v) is 7.42. The second-order valence-electron chi connectivity index (χ2n) is 7.42.